The van der Waals surface area contributed by atoms with E-state index in [1.54, 1.807) is 7.05 Å². The molecule has 74 valence electrons. The van der Waals surface area contributed by atoms with Crippen LogP contribution in [0.4, 0.5) is 0 Å². The minimum absolute atomic E-state index is 0.160. The predicted octanol–water partition coefficient (Wildman–Crippen LogP) is 1.14. The van der Waals surface area contributed by atoms with Gasteiger partial charge in [0, 0.05) is 19.5 Å². The zero-order valence-corrected chi connectivity index (χ0v) is 9.32. The van der Waals surface area contributed by atoms with E-state index in [2.05, 4.69) is 0 Å². The van der Waals surface area contributed by atoms with Gasteiger partial charge in [-0.05, 0) is 5.92 Å². The summed E-state index contributed by atoms with van der Waals surface area (Å²) in [5, 5.41) is 0. The minimum atomic E-state index is -3.07. The van der Waals surface area contributed by atoms with E-state index < -0.39 is 10.0 Å². The molecule has 0 atom stereocenters. The molecule has 0 radical (unpaired) electrons. The van der Waals surface area contributed by atoms with Crippen LogP contribution in [-0.4, -0.2) is 37.9 Å². The van der Waals surface area contributed by atoms with Gasteiger partial charge in [-0.1, -0.05) is 13.8 Å². The molecule has 0 N–H and O–H groups in total. The second-order valence-electron chi connectivity index (χ2n) is 3.18. The minimum Gasteiger partial charge on any atom is -0.212 e. The van der Waals surface area contributed by atoms with E-state index in [4.69, 9.17) is 11.6 Å². The maximum atomic E-state index is 11.4. The van der Waals surface area contributed by atoms with Crippen molar-refractivity contribution < 1.29 is 8.42 Å². The Hall–Kier alpha value is 0.200. The molecule has 0 aliphatic heterocycles. The lowest BCUT2D eigenvalue weighted by molar-refractivity contribution is 0.479. The molecule has 0 unspecified atom stereocenters. The lowest BCUT2D eigenvalue weighted by Crippen LogP contribution is -2.32. The van der Waals surface area contributed by atoms with Crippen LogP contribution in [0.1, 0.15) is 13.8 Å². The lowest BCUT2D eigenvalue weighted by atomic mass is 10.3. The van der Waals surface area contributed by atoms with Gasteiger partial charge in [0.2, 0.25) is 10.0 Å². The average Bonchev–Trinajstić information content (AvgIpc) is 1.85. The molecule has 0 amide bonds. The van der Waals surface area contributed by atoms with Crippen LogP contribution in [0.15, 0.2) is 0 Å². The van der Waals surface area contributed by atoms with Crippen molar-refractivity contribution >= 4 is 21.6 Å². The topological polar surface area (TPSA) is 37.4 Å². The smallest absolute Gasteiger partial charge is 0.212 e. The molecule has 0 aromatic carbocycles. The normalized spacial score (nSPS) is 12.8. The highest BCUT2D eigenvalue weighted by atomic mass is 35.5. The van der Waals surface area contributed by atoms with E-state index >= 15 is 0 Å². The molecule has 0 fully saturated rings. The van der Waals surface area contributed by atoms with Crippen LogP contribution in [0.3, 0.4) is 0 Å². The van der Waals surface area contributed by atoms with E-state index in [-0.39, 0.29) is 11.7 Å². The molecule has 0 aromatic rings. The number of hydrogen-bond acceptors (Lipinski definition) is 2. The number of nitrogens with zero attached hydrogens (tertiary/aromatic N) is 1. The van der Waals surface area contributed by atoms with Gasteiger partial charge in [0.25, 0.3) is 0 Å². The van der Waals surface area contributed by atoms with Crippen LogP contribution in [-0.2, 0) is 10.0 Å². The average molecular weight is 214 g/mol. The molecule has 3 nitrogen and oxygen atoms in total. The fourth-order valence-electron chi connectivity index (χ4n) is 0.807. The van der Waals surface area contributed by atoms with Crippen LogP contribution >= 0.6 is 11.6 Å². The van der Waals surface area contributed by atoms with Gasteiger partial charge in [-0.25, -0.2) is 12.7 Å². The Morgan fingerprint density at radius 1 is 1.42 bits per heavy atom. The van der Waals surface area contributed by atoms with E-state index in [9.17, 15) is 8.42 Å². The Morgan fingerprint density at radius 3 is 2.25 bits per heavy atom. The van der Waals surface area contributed by atoms with Gasteiger partial charge in [-0.3, -0.25) is 0 Å². The second-order valence-corrected chi connectivity index (χ2v) is 5.68. The second kappa shape index (κ2) is 5.04. The first-order valence-electron chi connectivity index (χ1n) is 3.90. The zero-order valence-electron chi connectivity index (χ0n) is 7.75. The van der Waals surface area contributed by atoms with Gasteiger partial charge in [0.05, 0.1) is 5.75 Å². The monoisotopic (exact) mass is 213 g/mol. The summed E-state index contributed by atoms with van der Waals surface area (Å²) < 4.78 is 24.1. The van der Waals surface area contributed by atoms with E-state index in [0.717, 1.165) is 0 Å². The van der Waals surface area contributed by atoms with Crippen molar-refractivity contribution in [2.75, 3.05) is 25.2 Å². The maximum absolute atomic E-state index is 11.4. The summed E-state index contributed by atoms with van der Waals surface area (Å²) in [6, 6.07) is 0. The summed E-state index contributed by atoms with van der Waals surface area (Å²) in [5.41, 5.74) is 0. The van der Waals surface area contributed by atoms with Crippen molar-refractivity contribution in [1.82, 2.24) is 4.31 Å². The van der Waals surface area contributed by atoms with Gasteiger partial charge < -0.3 is 0 Å². The Kier molecular flexibility index (Phi) is 5.13. The molecular formula is C7H16ClNO2S. The summed E-state index contributed by atoms with van der Waals surface area (Å²) >= 11 is 5.43. The van der Waals surface area contributed by atoms with Crippen molar-refractivity contribution in [2.45, 2.75) is 13.8 Å². The van der Waals surface area contributed by atoms with Crippen LogP contribution in [0.25, 0.3) is 0 Å². The Balaban J connectivity index is 4.20. The zero-order chi connectivity index (χ0) is 9.78. The summed E-state index contributed by atoms with van der Waals surface area (Å²) in [5.74, 6) is 0.696. The first-order valence-corrected chi connectivity index (χ1v) is 6.04. The fourth-order valence-corrected chi connectivity index (χ4v) is 2.63. The molecular weight excluding hydrogens is 198 g/mol. The summed E-state index contributed by atoms with van der Waals surface area (Å²) in [6.07, 6.45) is 0. The Morgan fingerprint density at radius 2 is 1.92 bits per heavy atom. The van der Waals surface area contributed by atoms with Crippen molar-refractivity contribution in [2.24, 2.45) is 5.92 Å². The van der Waals surface area contributed by atoms with Gasteiger partial charge in [-0.2, -0.15) is 0 Å². The van der Waals surface area contributed by atoms with Crippen LogP contribution < -0.4 is 0 Å². The molecule has 0 aromatic heterocycles. The van der Waals surface area contributed by atoms with Crippen LogP contribution in [0, 0.1) is 5.92 Å². The molecule has 12 heavy (non-hydrogen) atoms. The highest BCUT2D eigenvalue weighted by Gasteiger charge is 2.18. The third-order valence-corrected chi connectivity index (χ3v) is 3.81. The molecule has 0 saturated heterocycles. The third-order valence-electron chi connectivity index (χ3n) is 1.42. The van der Waals surface area contributed by atoms with E-state index in [1.165, 1.54) is 4.31 Å². The standard InChI is InChI=1S/C7H16ClNO2S/c1-7(2)6-12(10,11)9(3)5-4-8/h7H,4-6H2,1-3H3. The highest BCUT2D eigenvalue weighted by molar-refractivity contribution is 7.89. The molecule has 0 aliphatic carbocycles. The van der Waals surface area contributed by atoms with Crippen molar-refractivity contribution in [3.63, 3.8) is 0 Å². The van der Waals surface area contributed by atoms with Gasteiger partial charge in [0.1, 0.15) is 0 Å². The third kappa shape index (κ3) is 4.28. The van der Waals surface area contributed by atoms with Crippen molar-refractivity contribution in [3.8, 4) is 0 Å². The molecule has 0 saturated carbocycles. The molecule has 0 rings (SSSR count). The molecule has 5 heteroatoms. The number of hydrogen-bond donors (Lipinski definition) is 0. The Bertz CT molecular complexity index is 213. The lowest BCUT2D eigenvalue weighted by Gasteiger charge is -2.16. The Labute approximate surface area is 79.8 Å². The molecule has 0 spiro atoms. The summed E-state index contributed by atoms with van der Waals surface area (Å²) in [7, 11) is -1.52. The SMILES string of the molecule is CC(C)CS(=O)(=O)N(C)CCCl. The van der Waals surface area contributed by atoms with Crippen LogP contribution in [0.5, 0.6) is 0 Å². The fraction of sp³-hybridized carbons (Fsp3) is 1.00. The summed E-state index contributed by atoms with van der Waals surface area (Å²) in [4.78, 5) is 0. The van der Waals surface area contributed by atoms with Crippen LogP contribution in [0.2, 0.25) is 0 Å². The number of alkyl halides is 1. The van der Waals surface area contributed by atoms with E-state index in [1.807, 2.05) is 13.8 Å². The van der Waals surface area contributed by atoms with Gasteiger partial charge in [-0.15, -0.1) is 11.6 Å². The first kappa shape index (κ1) is 12.2. The van der Waals surface area contributed by atoms with Crippen molar-refractivity contribution in [3.05, 3.63) is 0 Å². The number of halogens is 1. The summed E-state index contributed by atoms with van der Waals surface area (Å²) in [6.45, 7) is 4.15. The number of rotatable bonds is 5. The molecule has 0 heterocycles. The maximum Gasteiger partial charge on any atom is 0.214 e. The first-order chi connectivity index (χ1) is 5.40. The van der Waals surface area contributed by atoms with E-state index in [0.29, 0.717) is 12.4 Å². The van der Waals surface area contributed by atoms with Gasteiger partial charge in [0.15, 0.2) is 0 Å². The quantitative estimate of drug-likeness (QED) is 0.643. The predicted molar refractivity (Wildman–Crippen MR) is 52.0 cm³/mol. The highest BCUT2D eigenvalue weighted by Crippen LogP contribution is 2.04. The number of sulfonamides is 1. The van der Waals surface area contributed by atoms with Gasteiger partial charge >= 0.3 is 0 Å². The largest absolute Gasteiger partial charge is 0.214 e. The molecule has 0 bridgehead atoms. The van der Waals surface area contributed by atoms with Crippen molar-refractivity contribution in [1.29, 1.82) is 0 Å². The molecule has 0 aliphatic rings.